The van der Waals surface area contributed by atoms with Gasteiger partial charge in [0.15, 0.2) is 0 Å². The maximum atomic E-state index is 6.29. The van der Waals surface area contributed by atoms with Gasteiger partial charge in [0.2, 0.25) is 0 Å². The van der Waals surface area contributed by atoms with E-state index in [9.17, 15) is 0 Å². The fourth-order valence-corrected chi connectivity index (χ4v) is 3.32. The molecule has 1 saturated heterocycles. The molecule has 2 heterocycles. The van der Waals surface area contributed by atoms with E-state index in [4.69, 9.17) is 13.7 Å². The number of benzene rings is 1. The van der Waals surface area contributed by atoms with Crippen LogP contribution in [0.3, 0.4) is 0 Å². The molecule has 0 atom stereocenters. The van der Waals surface area contributed by atoms with Crippen LogP contribution in [0.15, 0.2) is 59.6 Å². The summed E-state index contributed by atoms with van der Waals surface area (Å²) in [6.45, 7) is 20.1. The minimum Gasteiger partial charge on any atom is -0.455 e. The first-order valence-electron chi connectivity index (χ1n) is 9.66. The molecule has 1 aromatic carbocycles. The molecule has 0 amide bonds. The van der Waals surface area contributed by atoms with Crippen LogP contribution >= 0.6 is 0 Å². The summed E-state index contributed by atoms with van der Waals surface area (Å²) in [5.74, 6) is 0.798. The number of hydrogen-bond acceptors (Lipinski definition) is 3. The summed E-state index contributed by atoms with van der Waals surface area (Å²) < 4.78 is 18.7. The van der Waals surface area contributed by atoms with Crippen molar-refractivity contribution in [2.75, 3.05) is 0 Å². The molecule has 0 aliphatic carbocycles. The normalized spacial score (nSPS) is 19.3. The van der Waals surface area contributed by atoms with Crippen LogP contribution in [0.5, 0.6) is 0 Å². The Hall–Kier alpha value is -2.30. The average molecular weight is 376 g/mol. The highest BCUT2D eigenvalue weighted by molar-refractivity contribution is 6.62. The largest absolute Gasteiger partial charge is 0.494 e. The highest BCUT2D eigenvalue weighted by atomic mass is 16.7. The Bertz CT molecular complexity index is 973. The molecule has 3 rings (SSSR count). The van der Waals surface area contributed by atoms with Gasteiger partial charge in [-0.05, 0) is 58.6 Å². The van der Waals surface area contributed by atoms with Gasteiger partial charge >= 0.3 is 7.12 Å². The smallest absolute Gasteiger partial charge is 0.455 e. The number of allylic oxidation sites excluding steroid dienone is 5. The lowest BCUT2D eigenvalue weighted by Crippen LogP contribution is -2.41. The quantitative estimate of drug-likeness (QED) is 0.480. The molecule has 0 N–H and O–H groups in total. The summed E-state index contributed by atoms with van der Waals surface area (Å²) in [4.78, 5) is 0. The van der Waals surface area contributed by atoms with Crippen molar-refractivity contribution >= 4 is 35.2 Å². The van der Waals surface area contributed by atoms with Crippen LogP contribution in [-0.4, -0.2) is 18.3 Å². The third kappa shape index (κ3) is 3.32. The zero-order valence-electron chi connectivity index (χ0n) is 17.8. The zero-order chi connectivity index (χ0) is 20.7. The number of furan rings is 1. The minimum atomic E-state index is -0.421. The van der Waals surface area contributed by atoms with Crippen LogP contribution in [-0.2, 0) is 9.31 Å². The molecule has 0 spiro atoms. The molecule has 1 aliphatic heterocycles. The number of fused-ring (bicyclic) bond motifs is 1. The predicted molar refractivity (Wildman–Crippen MR) is 120 cm³/mol. The van der Waals surface area contributed by atoms with E-state index in [1.807, 2.05) is 50.3 Å². The van der Waals surface area contributed by atoms with E-state index in [2.05, 4.69) is 46.9 Å². The van der Waals surface area contributed by atoms with Gasteiger partial charge < -0.3 is 13.7 Å². The molecule has 0 unspecified atom stereocenters. The standard InChI is InChI=1S/C24H29BO3/c1-9-12-19(16(4)10-2)22-18(11-3)20-14-13-17(15-21(20)26-22)25-27-23(5,6)24(7,8)28-25/h9-15H,2-3H2,1,4-8H3/b12-9-,19-16+. The topological polar surface area (TPSA) is 31.6 Å². The van der Waals surface area contributed by atoms with Crippen molar-refractivity contribution in [1.29, 1.82) is 0 Å². The first-order valence-corrected chi connectivity index (χ1v) is 9.66. The molecule has 0 saturated carbocycles. The van der Waals surface area contributed by atoms with E-state index < -0.39 is 7.12 Å². The molecular formula is C24H29BO3. The van der Waals surface area contributed by atoms with E-state index in [0.717, 1.165) is 38.9 Å². The van der Waals surface area contributed by atoms with Crippen molar-refractivity contribution in [3.8, 4) is 0 Å². The summed E-state index contributed by atoms with van der Waals surface area (Å²) in [6, 6.07) is 6.09. The fraction of sp³-hybridized carbons (Fsp3) is 0.333. The van der Waals surface area contributed by atoms with Gasteiger partial charge in [-0.25, -0.2) is 0 Å². The molecular weight excluding hydrogens is 347 g/mol. The Kier molecular flexibility index (Phi) is 5.31. The summed E-state index contributed by atoms with van der Waals surface area (Å²) in [5, 5.41) is 1.02. The summed E-state index contributed by atoms with van der Waals surface area (Å²) in [6.07, 6.45) is 7.72. The molecule has 146 valence electrons. The zero-order valence-corrected chi connectivity index (χ0v) is 17.8. The number of rotatable bonds is 5. The predicted octanol–water partition coefficient (Wildman–Crippen LogP) is 5.91. The van der Waals surface area contributed by atoms with Gasteiger partial charge in [-0.15, -0.1) is 0 Å². The molecule has 4 heteroatoms. The summed E-state index contributed by atoms with van der Waals surface area (Å²) in [5.41, 5.74) is 4.00. The molecule has 1 aliphatic rings. The van der Waals surface area contributed by atoms with Crippen LogP contribution in [0, 0.1) is 0 Å². The second-order valence-electron chi connectivity index (χ2n) is 8.19. The van der Waals surface area contributed by atoms with Crippen LogP contribution in [0.1, 0.15) is 52.9 Å². The highest BCUT2D eigenvalue weighted by Crippen LogP contribution is 2.38. The van der Waals surface area contributed by atoms with Crippen molar-refractivity contribution in [3.63, 3.8) is 0 Å². The first-order chi connectivity index (χ1) is 13.1. The van der Waals surface area contributed by atoms with Crippen molar-refractivity contribution in [1.82, 2.24) is 0 Å². The molecule has 0 radical (unpaired) electrons. The monoisotopic (exact) mass is 376 g/mol. The second-order valence-corrected chi connectivity index (χ2v) is 8.19. The van der Waals surface area contributed by atoms with E-state index in [0.29, 0.717) is 0 Å². The Labute approximate surface area is 168 Å². The van der Waals surface area contributed by atoms with Crippen molar-refractivity contribution in [2.24, 2.45) is 0 Å². The van der Waals surface area contributed by atoms with Crippen molar-refractivity contribution < 1.29 is 13.7 Å². The Balaban J connectivity index is 2.12. The minimum absolute atomic E-state index is 0.379. The van der Waals surface area contributed by atoms with Gasteiger partial charge in [-0.2, -0.15) is 0 Å². The third-order valence-electron chi connectivity index (χ3n) is 5.79. The van der Waals surface area contributed by atoms with Gasteiger partial charge in [0, 0.05) is 16.5 Å². The molecule has 28 heavy (non-hydrogen) atoms. The average Bonchev–Trinajstić information content (AvgIpc) is 3.11. The van der Waals surface area contributed by atoms with Gasteiger partial charge in [0.1, 0.15) is 11.3 Å². The second kappa shape index (κ2) is 7.27. The lowest BCUT2D eigenvalue weighted by molar-refractivity contribution is 0.00578. The van der Waals surface area contributed by atoms with Gasteiger partial charge in [-0.3, -0.25) is 0 Å². The maximum absolute atomic E-state index is 6.29. The molecule has 3 nitrogen and oxygen atoms in total. The Morgan fingerprint density at radius 2 is 1.71 bits per heavy atom. The first kappa shape index (κ1) is 20.4. The number of hydrogen-bond donors (Lipinski definition) is 0. The van der Waals surface area contributed by atoms with E-state index in [-0.39, 0.29) is 11.2 Å². The Morgan fingerprint density at radius 3 is 2.25 bits per heavy atom. The van der Waals surface area contributed by atoms with Crippen LogP contribution in [0.4, 0.5) is 0 Å². The molecule has 2 aromatic rings. The van der Waals surface area contributed by atoms with E-state index >= 15 is 0 Å². The van der Waals surface area contributed by atoms with Crippen LogP contribution < -0.4 is 5.46 Å². The van der Waals surface area contributed by atoms with Gasteiger partial charge in [-0.1, -0.05) is 49.6 Å². The van der Waals surface area contributed by atoms with Crippen molar-refractivity contribution in [2.45, 2.75) is 52.7 Å². The van der Waals surface area contributed by atoms with Crippen LogP contribution in [0.25, 0.3) is 22.6 Å². The fourth-order valence-electron chi connectivity index (χ4n) is 3.32. The highest BCUT2D eigenvalue weighted by Gasteiger charge is 2.51. The molecule has 0 bridgehead atoms. The molecule has 1 aromatic heterocycles. The van der Waals surface area contributed by atoms with E-state index in [1.165, 1.54) is 0 Å². The van der Waals surface area contributed by atoms with E-state index in [1.54, 1.807) is 0 Å². The summed E-state index contributed by atoms with van der Waals surface area (Å²) >= 11 is 0. The van der Waals surface area contributed by atoms with Gasteiger partial charge in [0.05, 0.1) is 11.2 Å². The summed E-state index contributed by atoms with van der Waals surface area (Å²) in [7, 11) is -0.421. The SMILES string of the molecule is C=C/C(C)=C(\C=C/C)c1oc2cc(B3OC(C)(C)C(C)(C)O3)ccc2c1C=C. The third-order valence-corrected chi connectivity index (χ3v) is 5.79. The lowest BCUT2D eigenvalue weighted by Gasteiger charge is -2.32. The van der Waals surface area contributed by atoms with Crippen molar-refractivity contribution in [3.05, 3.63) is 66.5 Å². The lowest BCUT2D eigenvalue weighted by atomic mass is 9.79. The molecule has 1 fully saturated rings. The van der Waals surface area contributed by atoms with Gasteiger partial charge in [0.25, 0.3) is 0 Å². The Morgan fingerprint density at radius 1 is 1.07 bits per heavy atom. The van der Waals surface area contributed by atoms with Crippen LogP contribution in [0.2, 0.25) is 0 Å². The maximum Gasteiger partial charge on any atom is 0.494 e.